The van der Waals surface area contributed by atoms with E-state index in [1.54, 1.807) is 13.8 Å². The average Bonchev–Trinajstić information content (AvgIpc) is 2.63. The summed E-state index contributed by atoms with van der Waals surface area (Å²) in [5.41, 5.74) is -1.84. The molecule has 1 aliphatic heterocycles. The highest BCUT2D eigenvalue weighted by atomic mass is 16.7. The number of carbonyl (C=O) groups excluding carboxylic acids is 1. The molecule has 1 aliphatic rings. The lowest BCUT2D eigenvalue weighted by Gasteiger charge is -2.46. The molecule has 0 aliphatic carbocycles. The van der Waals surface area contributed by atoms with E-state index in [0.29, 0.717) is 0 Å². The van der Waals surface area contributed by atoms with Crippen molar-refractivity contribution in [2.75, 3.05) is 20.3 Å². The van der Waals surface area contributed by atoms with Gasteiger partial charge in [0.1, 0.15) is 30.5 Å². The highest BCUT2D eigenvalue weighted by molar-refractivity contribution is 5.73. The third-order valence-electron chi connectivity index (χ3n) is 5.38. The summed E-state index contributed by atoms with van der Waals surface area (Å²) in [5, 5.41) is 63.6. The Hall–Kier alpha value is -0.890. The number of ether oxygens (including phenoxy) is 3. The van der Waals surface area contributed by atoms with Crippen molar-refractivity contribution in [3.8, 4) is 0 Å². The number of aliphatic hydroxyl groups excluding tert-OH is 5. The van der Waals surface area contributed by atoms with Gasteiger partial charge >= 0.3 is 0 Å². The number of amides is 1. The number of rotatable bonds is 10. The standard InChI is InChI=1S/C18H35NO10/c1-8(2)10(6-20)18(4,26)15(24)17(27-5)29-14-12(19-9(3)22)16(25)28-11(7-21)13(14)23/h8,10-17,20-21,23-26H,6-7H2,1-5H3,(H,19,22)/t10-,11?,12?,13?,14?,15?,16?,17?,18?/m0/s1. The average molecular weight is 425 g/mol. The van der Waals surface area contributed by atoms with Gasteiger partial charge in [-0.2, -0.15) is 0 Å². The molecule has 0 saturated carbocycles. The van der Waals surface area contributed by atoms with Crippen LogP contribution in [0.3, 0.4) is 0 Å². The summed E-state index contributed by atoms with van der Waals surface area (Å²) in [6.07, 6.45) is -8.82. The van der Waals surface area contributed by atoms with Gasteiger partial charge < -0.3 is 50.2 Å². The van der Waals surface area contributed by atoms with E-state index in [2.05, 4.69) is 5.32 Å². The molecule has 0 spiro atoms. The highest BCUT2D eigenvalue weighted by Gasteiger charge is 2.50. The molecule has 0 aromatic carbocycles. The number of methoxy groups -OCH3 is 1. The molecule has 0 aromatic heterocycles. The van der Waals surface area contributed by atoms with E-state index in [9.17, 15) is 35.4 Å². The fourth-order valence-corrected chi connectivity index (χ4v) is 3.61. The molecule has 7 N–H and O–H groups in total. The summed E-state index contributed by atoms with van der Waals surface area (Å²) in [7, 11) is 1.20. The van der Waals surface area contributed by atoms with E-state index >= 15 is 0 Å². The predicted octanol–water partition coefficient (Wildman–Crippen LogP) is -2.70. The zero-order valence-electron chi connectivity index (χ0n) is 17.4. The Kier molecular flexibility index (Phi) is 9.86. The summed E-state index contributed by atoms with van der Waals surface area (Å²) in [6, 6.07) is -1.24. The molecule has 1 saturated heterocycles. The first-order valence-electron chi connectivity index (χ1n) is 9.51. The lowest BCUT2D eigenvalue weighted by Crippen LogP contribution is -2.66. The second-order valence-corrected chi connectivity index (χ2v) is 7.87. The Morgan fingerprint density at radius 1 is 1.28 bits per heavy atom. The van der Waals surface area contributed by atoms with Crippen molar-refractivity contribution >= 4 is 5.91 Å². The lowest BCUT2D eigenvalue weighted by atomic mass is 9.77. The maximum atomic E-state index is 11.5. The van der Waals surface area contributed by atoms with Crippen LogP contribution in [0.25, 0.3) is 0 Å². The normalized spacial score (nSPS) is 33.0. The van der Waals surface area contributed by atoms with E-state index in [4.69, 9.17) is 14.2 Å². The summed E-state index contributed by atoms with van der Waals surface area (Å²) in [6.45, 7) is 5.01. The summed E-state index contributed by atoms with van der Waals surface area (Å²) >= 11 is 0. The van der Waals surface area contributed by atoms with E-state index in [-0.39, 0.29) is 5.92 Å². The van der Waals surface area contributed by atoms with Crippen molar-refractivity contribution in [2.45, 2.75) is 76.3 Å². The number of carbonyl (C=O) groups is 1. The molecule has 29 heavy (non-hydrogen) atoms. The van der Waals surface area contributed by atoms with E-state index in [1.807, 2.05) is 0 Å². The number of hydrogen-bond donors (Lipinski definition) is 7. The molecular formula is C18H35NO10. The molecule has 0 aromatic rings. The number of nitrogens with one attached hydrogen (secondary N) is 1. The van der Waals surface area contributed by atoms with Gasteiger partial charge in [-0.3, -0.25) is 4.79 Å². The molecular weight excluding hydrogens is 390 g/mol. The second-order valence-electron chi connectivity index (χ2n) is 7.87. The Bertz CT molecular complexity index is 517. The van der Waals surface area contributed by atoms with Crippen LogP contribution in [-0.2, 0) is 19.0 Å². The topological polar surface area (TPSA) is 178 Å². The van der Waals surface area contributed by atoms with Gasteiger partial charge in [-0.25, -0.2) is 0 Å². The second kappa shape index (κ2) is 10.9. The van der Waals surface area contributed by atoms with Crippen LogP contribution in [0.5, 0.6) is 0 Å². The molecule has 9 atom stereocenters. The van der Waals surface area contributed by atoms with Crippen molar-refractivity contribution in [2.24, 2.45) is 11.8 Å². The van der Waals surface area contributed by atoms with E-state index < -0.39 is 73.7 Å². The highest BCUT2D eigenvalue weighted by Crippen LogP contribution is 2.32. The molecule has 1 heterocycles. The Morgan fingerprint density at radius 3 is 2.28 bits per heavy atom. The van der Waals surface area contributed by atoms with Gasteiger partial charge in [0.25, 0.3) is 0 Å². The molecule has 0 radical (unpaired) electrons. The van der Waals surface area contributed by atoms with Crippen molar-refractivity contribution in [3.05, 3.63) is 0 Å². The van der Waals surface area contributed by atoms with E-state index in [1.165, 1.54) is 21.0 Å². The van der Waals surface area contributed by atoms with Crippen LogP contribution in [0.2, 0.25) is 0 Å². The van der Waals surface area contributed by atoms with Gasteiger partial charge in [0, 0.05) is 26.6 Å². The minimum atomic E-state index is -1.84. The van der Waals surface area contributed by atoms with Gasteiger partial charge in [-0.15, -0.1) is 0 Å². The minimum Gasteiger partial charge on any atom is -0.396 e. The number of aliphatic hydroxyl groups is 6. The predicted molar refractivity (Wildman–Crippen MR) is 99.3 cm³/mol. The van der Waals surface area contributed by atoms with Crippen molar-refractivity contribution in [3.63, 3.8) is 0 Å². The van der Waals surface area contributed by atoms with Crippen molar-refractivity contribution in [1.82, 2.24) is 5.32 Å². The summed E-state index contributed by atoms with van der Waals surface area (Å²) in [4.78, 5) is 11.5. The fourth-order valence-electron chi connectivity index (χ4n) is 3.61. The first-order valence-corrected chi connectivity index (χ1v) is 9.51. The van der Waals surface area contributed by atoms with Gasteiger partial charge in [0.15, 0.2) is 12.6 Å². The molecule has 1 amide bonds. The van der Waals surface area contributed by atoms with Crippen molar-refractivity contribution in [1.29, 1.82) is 0 Å². The molecule has 1 rings (SSSR count). The van der Waals surface area contributed by atoms with Crippen LogP contribution >= 0.6 is 0 Å². The minimum absolute atomic E-state index is 0.191. The molecule has 0 bridgehead atoms. The molecule has 8 unspecified atom stereocenters. The first-order chi connectivity index (χ1) is 13.4. The fraction of sp³-hybridized carbons (Fsp3) is 0.944. The summed E-state index contributed by atoms with van der Waals surface area (Å²) < 4.78 is 15.9. The quantitative estimate of drug-likeness (QED) is 0.182. The first kappa shape index (κ1) is 26.1. The molecule has 172 valence electrons. The number of hydrogen-bond acceptors (Lipinski definition) is 10. The van der Waals surface area contributed by atoms with Gasteiger partial charge in [0.2, 0.25) is 5.91 Å². The van der Waals surface area contributed by atoms with Crippen LogP contribution in [0, 0.1) is 11.8 Å². The smallest absolute Gasteiger partial charge is 0.217 e. The van der Waals surface area contributed by atoms with Gasteiger partial charge in [-0.1, -0.05) is 13.8 Å². The Balaban J connectivity index is 3.15. The van der Waals surface area contributed by atoms with Crippen molar-refractivity contribution < 1.29 is 49.6 Å². The lowest BCUT2D eigenvalue weighted by molar-refractivity contribution is -0.311. The molecule has 1 fully saturated rings. The molecule has 11 heteroatoms. The SMILES string of the molecule is COC(OC1C(O)C(CO)OC(O)C1NC(C)=O)C(O)C(C)(O)[C@@H](CO)C(C)C. The van der Waals surface area contributed by atoms with Crippen LogP contribution in [0.4, 0.5) is 0 Å². The third kappa shape index (κ3) is 6.06. The van der Waals surface area contributed by atoms with Gasteiger partial charge in [0.05, 0.1) is 12.2 Å². The maximum absolute atomic E-state index is 11.5. The third-order valence-corrected chi connectivity index (χ3v) is 5.38. The monoisotopic (exact) mass is 425 g/mol. The van der Waals surface area contributed by atoms with Crippen LogP contribution < -0.4 is 5.32 Å². The zero-order chi connectivity index (χ0) is 22.5. The Morgan fingerprint density at radius 2 is 1.86 bits per heavy atom. The van der Waals surface area contributed by atoms with Gasteiger partial charge in [-0.05, 0) is 12.8 Å². The largest absolute Gasteiger partial charge is 0.396 e. The Labute approximate surface area is 170 Å². The van der Waals surface area contributed by atoms with Crippen LogP contribution in [0.1, 0.15) is 27.7 Å². The van der Waals surface area contributed by atoms with E-state index in [0.717, 1.165) is 0 Å². The van der Waals surface area contributed by atoms with Crippen LogP contribution in [0.15, 0.2) is 0 Å². The van der Waals surface area contributed by atoms with Crippen LogP contribution in [-0.4, -0.2) is 106 Å². The summed E-state index contributed by atoms with van der Waals surface area (Å²) in [5.74, 6) is -1.45. The zero-order valence-corrected chi connectivity index (χ0v) is 17.4. The molecule has 11 nitrogen and oxygen atoms in total. The maximum Gasteiger partial charge on any atom is 0.217 e.